The Hall–Kier alpha value is -0.690. The lowest BCUT2D eigenvalue weighted by molar-refractivity contribution is 0.127. The molecule has 2 unspecified atom stereocenters. The summed E-state index contributed by atoms with van der Waals surface area (Å²) in [5.74, 6) is 0. The van der Waals surface area contributed by atoms with Gasteiger partial charge in [0.1, 0.15) is 6.07 Å². The van der Waals surface area contributed by atoms with Crippen molar-refractivity contribution in [3.63, 3.8) is 0 Å². The van der Waals surface area contributed by atoms with E-state index in [2.05, 4.69) is 13.0 Å². The quantitative estimate of drug-likeness (QED) is 0.809. The van der Waals surface area contributed by atoms with Crippen LogP contribution in [0.1, 0.15) is 18.9 Å². The Kier molecular flexibility index (Phi) is 3.75. The van der Waals surface area contributed by atoms with Crippen LogP contribution in [0.5, 0.6) is 0 Å². The number of nitriles is 1. The van der Waals surface area contributed by atoms with Crippen LogP contribution in [0.4, 0.5) is 0 Å². The highest BCUT2D eigenvalue weighted by atomic mass is 35.5. The first-order valence-electron chi connectivity index (χ1n) is 5.18. The number of hydrogen-bond donors (Lipinski definition) is 0. The van der Waals surface area contributed by atoms with Crippen molar-refractivity contribution in [2.45, 2.75) is 29.6 Å². The van der Waals surface area contributed by atoms with Crippen molar-refractivity contribution in [2.24, 2.45) is 0 Å². The summed E-state index contributed by atoms with van der Waals surface area (Å²) >= 11 is 7.76. The summed E-state index contributed by atoms with van der Waals surface area (Å²) in [5, 5.41) is 9.79. The summed E-state index contributed by atoms with van der Waals surface area (Å²) in [7, 11) is 0. The topological polar surface area (TPSA) is 33.0 Å². The fourth-order valence-corrected chi connectivity index (χ4v) is 3.16. The lowest BCUT2D eigenvalue weighted by Gasteiger charge is -2.13. The van der Waals surface area contributed by atoms with Crippen LogP contribution in [-0.4, -0.2) is 18.0 Å². The first kappa shape index (κ1) is 11.8. The third-order valence-corrected chi connectivity index (χ3v) is 4.42. The molecule has 1 aromatic rings. The zero-order valence-corrected chi connectivity index (χ0v) is 10.5. The predicted octanol–water partition coefficient (Wildman–Crippen LogP) is 3.48. The Balaban J connectivity index is 2.11. The van der Waals surface area contributed by atoms with Crippen LogP contribution in [0.3, 0.4) is 0 Å². The number of thioether (sulfide) groups is 1. The van der Waals surface area contributed by atoms with E-state index in [0.717, 1.165) is 17.9 Å². The van der Waals surface area contributed by atoms with Gasteiger partial charge in [-0.15, -0.1) is 11.8 Å². The van der Waals surface area contributed by atoms with E-state index in [4.69, 9.17) is 21.6 Å². The van der Waals surface area contributed by atoms with Crippen LogP contribution in [0.25, 0.3) is 0 Å². The van der Waals surface area contributed by atoms with Crippen molar-refractivity contribution >= 4 is 23.4 Å². The summed E-state index contributed by atoms with van der Waals surface area (Å²) in [6.45, 7) is 2.93. The van der Waals surface area contributed by atoms with E-state index >= 15 is 0 Å². The summed E-state index contributed by atoms with van der Waals surface area (Å²) < 4.78 is 5.51. The molecule has 1 aliphatic heterocycles. The van der Waals surface area contributed by atoms with Gasteiger partial charge in [-0.2, -0.15) is 5.26 Å². The van der Waals surface area contributed by atoms with Crippen LogP contribution in [0.15, 0.2) is 23.1 Å². The van der Waals surface area contributed by atoms with Crippen LogP contribution < -0.4 is 0 Å². The van der Waals surface area contributed by atoms with E-state index < -0.39 is 0 Å². The number of rotatable bonds is 2. The van der Waals surface area contributed by atoms with Gasteiger partial charge in [0.05, 0.1) is 16.7 Å². The number of nitrogens with zero attached hydrogens (tertiary/aromatic N) is 1. The molecular formula is C12H12ClNOS. The van der Waals surface area contributed by atoms with Crippen molar-refractivity contribution in [3.8, 4) is 6.07 Å². The molecule has 0 aromatic heterocycles. The van der Waals surface area contributed by atoms with Crippen LogP contribution in [-0.2, 0) is 4.74 Å². The highest BCUT2D eigenvalue weighted by molar-refractivity contribution is 8.00. The fourth-order valence-electron chi connectivity index (χ4n) is 1.70. The third kappa shape index (κ3) is 2.52. The predicted molar refractivity (Wildman–Crippen MR) is 65.8 cm³/mol. The van der Waals surface area contributed by atoms with Gasteiger partial charge < -0.3 is 4.74 Å². The minimum Gasteiger partial charge on any atom is -0.377 e. The first-order chi connectivity index (χ1) is 7.70. The van der Waals surface area contributed by atoms with Gasteiger partial charge in [-0.05, 0) is 31.5 Å². The molecule has 0 spiro atoms. The number of benzene rings is 1. The Morgan fingerprint density at radius 3 is 2.94 bits per heavy atom. The molecule has 84 valence electrons. The molecule has 1 aliphatic rings. The Morgan fingerprint density at radius 1 is 1.56 bits per heavy atom. The van der Waals surface area contributed by atoms with Crippen LogP contribution in [0.2, 0.25) is 5.02 Å². The second kappa shape index (κ2) is 5.09. The zero-order chi connectivity index (χ0) is 11.5. The molecule has 1 fully saturated rings. The van der Waals surface area contributed by atoms with Gasteiger partial charge in [-0.3, -0.25) is 0 Å². The summed E-state index contributed by atoms with van der Waals surface area (Å²) in [6.07, 6.45) is 1.36. The van der Waals surface area contributed by atoms with E-state index in [1.807, 2.05) is 12.1 Å². The van der Waals surface area contributed by atoms with Crippen LogP contribution in [0, 0.1) is 11.3 Å². The molecule has 1 saturated heterocycles. The van der Waals surface area contributed by atoms with Gasteiger partial charge >= 0.3 is 0 Å². The molecule has 4 heteroatoms. The van der Waals surface area contributed by atoms with Crippen molar-refractivity contribution in [2.75, 3.05) is 6.61 Å². The molecule has 0 bridgehead atoms. The molecular weight excluding hydrogens is 242 g/mol. The molecule has 1 heterocycles. The maximum absolute atomic E-state index is 8.77. The second-order valence-electron chi connectivity index (χ2n) is 3.77. The highest BCUT2D eigenvalue weighted by Gasteiger charge is 2.25. The van der Waals surface area contributed by atoms with Gasteiger partial charge in [0.25, 0.3) is 0 Å². The van der Waals surface area contributed by atoms with Crippen molar-refractivity contribution < 1.29 is 4.74 Å². The van der Waals surface area contributed by atoms with E-state index in [0.29, 0.717) is 21.9 Å². The monoisotopic (exact) mass is 253 g/mol. The van der Waals surface area contributed by atoms with Gasteiger partial charge in [-0.1, -0.05) is 11.6 Å². The van der Waals surface area contributed by atoms with E-state index in [-0.39, 0.29) is 0 Å². The third-order valence-electron chi connectivity index (χ3n) is 2.66. The van der Waals surface area contributed by atoms with Crippen molar-refractivity contribution in [1.29, 1.82) is 5.26 Å². The maximum Gasteiger partial charge on any atom is 0.101 e. The number of ether oxygens (including phenoxy) is 1. The Labute approximate surface area is 105 Å². The van der Waals surface area contributed by atoms with E-state index in [1.54, 1.807) is 17.8 Å². The van der Waals surface area contributed by atoms with Gasteiger partial charge in [0, 0.05) is 16.8 Å². The minimum atomic E-state index is 0.291. The van der Waals surface area contributed by atoms with Crippen molar-refractivity contribution in [3.05, 3.63) is 28.8 Å². The lowest BCUT2D eigenvalue weighted by atomic mass is 10.2. The SMILES string of the molecule is CC1OCCC1Sc1ccc(C#N)c(Cl)c1. The molecule has 1 aromatic carbocycles. The molecule has 0 N–H and O–H groups in total. The van der Waals surface area contributed by atoms with E-state index in [1.165, 1.54) is 0 Å². The average Bonchev–Trinajstić information content (AvgIpc) is 2.65. The molecule has 0 radical (unpaired) electrons. The van der Waals surface area contributed by atoms with Gasteiger partial charge in [-0.25, -0.2) is 0 Å². The second-order valence-corrected chi connectivity index (χ2v) is 5.49. The maximum atomic E-state index is 8.77. The zero-order valence-electron chi connectivity index (χ0n) is 8.94. The normalized spacial score (nSPS) is 24.3. The largest absolute Gasteiger partial charge is 0.377 e. The molecule has 2 atom stereocenters. The summed E-state index contributed by atoms with van der Waals surface area (Å²) in [6, 6.07) is 7.63. The smallest absolute Gasteiger partial charge is 0.101 e. The standard InChI is InChI=1S/C12H12ClNOS/c1-8-12(4-5-15-8)16-10-3-2-9(7-14)11(13)6-10/h2-3,6,8,12H,4-5H2,1H3. The van der Waals surface area contributed by atoms with Gasteiger partial charge in [0.2, 0.25) is 0 Å². The van der Waals surface area contributed by atoms with Crippen molar-refractivity contribution in [1.82, 2.24) is 0 Å². The lowest BCUT2D eigenvalue weighted by Crippen LogP contribution is -2.12. The van der Waals surface area contributed by atoms with Gasteiger partial charge in [0.15, 0.2) is 0 Å². The summed E-state index contributed by atoms with van der Waals surface area (Å²) in [5.41, 5.74) is 0.529. The molecule has 0 saturated carbocycles. The average molecular weight is 254 g/mol. The number of halogens is 1. The minimum absolute atomic E-state index is 0.291. The molecule has 16 heavy (non-hydrogen) atoms. The molecule has 0 aliphatic carbocycles. The first-order valence-corrected chi connectivity index (χ1v) is 6.44. The molecule has 2 rings (SSSR count). The van der Waals surface area contributed by atoms with E-state index in [9.17, 15) is 0 Å². The summed E-state index contributed by atoms with van der Waals surface area (Å²) in [4.78, 5) is 1.10. The molecule has 2 nitrogen and oxygen atoms in total. The molecule has 0 amide bonds. The highest BCUT2D eigenvalue weighted by Crippen LogP contribution is 2.34. The Bertz CT molecular complexity index is 430. The number of hydrogen-bond acceptors (Lipinski definition) is 3. The fraction of sp³-hybridized carbons (Fsp3) is 0.417. The Morgan fingerprint density at radius 2 is 2.38 bits per heavy atom. The van der Waals surface area contributed by atoms with Crippen LogP contribution >= 0.6 is 23.4 Å².